The molecule has 0 aliphatic carbocycles. The normalized spacial score (nSPS) is 11.2. The average molecular weight is 563 g/mol. The van der Waals surface area contributed by atoms with Crippen LogP contribution in [-0.2, 0) is 4.74 Å². The third-order valence-corrected chi connectivity index (χ3v) is 6.97. The summed E-state index contributed by atoms with van der Waals surface area (Å²) in [6.07, 6.45) is 6.88. The van der Waals surface area contributed by atoms with Crippen LogP contribution in [0, 0.1) is 13.8 Å². The van der Waals surface area contributed by atoms with Gasteiger partial charge >= 0.3 is 0 Å². The molecular weight excluding hydrogens is 524 g/mol. The Morgan fingerprint density at radius 2 is 1.74 bits per heavy atom. The number of nitrogens with one attached hydrogen (secondary N) is 2. The van der Waals surface area contributed by atoms with Crippen molar-refractivity contribution >= 4 is 28.4 Å². The molecule has 2 aromatic heterocycles. The standard InChI is InChI=1S/C35H38N4O3/c1-7-25(6)42-32(22(2)3)11-9-17-37-34(40)26-12-14-28(15-13-26)38-35(41)30-20-31(27-10-8-16-36-21-27)39-33-24(5)18-23(4)19-29(30)33/h7-8,10,12-16,18-21H,9,11,17H2,1-6H3,(H,37,40)(H,38,41)/b25-7-. The number of rotatable bonds is 10. The van der Waals surface area contributed by atoms with Gasteiger partial charge in [-0.3, -0.25) is 14.6 Å². The first-order valence-electron chi connectivity index (χ1n) is 14.2. The number of fused-ring (bicyclic) bond motifs is 1. The number of hydrogen-bond donors (Lipinski definition) is 2. The van der Waals surface area contributed by atoms with Crippen molar-refractivity contribution < 1.29 is 14.3 Å². The fourth-order valence-corrected chi connectivity index (χ4v) is 4.64. The quantitative estimate of drug-likeness (QED) is 0.151. The van der Waals surface area contributed by atoms with Crippen molar-refractivity contribution in [3.63, 3.8) is 0 Å². The van der Waals surface area contributed by atoms with Gasteiger partial charge in [-0.25, -0.2) is 4.98 Å². The molecule has 7 nitrogen and oxygen atoms in total. The Bertz CT molecular complexity index is 1650. The van der Waals surface area contributed by atoms with Crippen molar-refractivity contribution in [2.24, 2.45) is 0 Å². The van der Waals surface area contributed by atoms with Gasteiger partial charge in [0, 0.05) is 47.6 Å². The van der Waals surface area contributed by atoms with Crippen LogP contribution in [0.5, 0.6) is 0 Å². The van der Waals surface area contributed by atoms with Gasteiger partial charge in [-0.1, -0.05) is 11.6 Å². The number of hydrogen-bond acceptors (Lipinski definition) is 5. The lowest BCUT2D eigenvalue weighted by Gasteiger charge is -2.13. The summed E-state index contributed by atoms with van der Waals surface area (Å²) in [7, 11) is 0. The summed E-state index contributed by atoms with van der Waals surface area (Å²) < 4.78 is 5.88. The van der Waals surface area contributed by atoms with Gasteiger partial charge in [0.25, 0.3) is 11.8 Å². The van der Waals surface area contributed by atoms with E-state index in [9.17, 15) is 9.59 Å². The molecule has 0 saturated heterocycles. The van der Waals surface area contributed by atoms with Crippen molar-refractivity contribution in [1.82, 2.24) is 15.3 Å². The zero-order chi connectivity index (χ0) is 30.2. The highest BCUT2D eigenvalue weighted by Gasteiger charge is 2.17. The average Bonchev–Trinajstić information content (AvgIpc) is 2.98. The molecule has 2 amide bonds. The highest BCUT2D eigenvalue weighted by atomic mass is 16.5. The maximum Gasteiger partial charge on any atom is 0.256 e. The minimum absolute atomic E-state index is 0.163. The van der Waals surface area contributed by atoms with Crippen molar-refractivity contribution in [2.75, 3.05) is 11.9 Å². The minimum Gasteiger partial charge on any atom is -0.467 e. The lowest BCUT2D eigenvalue weighted by molar-refractivity contribution is 0.0952. The number of carbonyl (C=O) groups is 2. The molecule has 216 valence electrons. The summed E-state index contributed by atoms with van der Waals surface area (Å²) in [5.41, 5.74) is 7.11. The molecule has 0 radical (unpaired) electrons. The fraction of sp³-hybridized carbons (Fsp3) is 0.257. The second-order valence-corrected chi connectivity index (χ2v) is 10.6. The summed E-state index contributed by atoms with van der Waals surface area (Å²) in [4.78, 5) is 35.4. The zero-order valence-corrected chi connectivity index (χ0v) is 25.2. The molecule has 0 aliphatic rings. The van der Waals surface area contributed by atoms with Crippen LogP contribution in [0.15, 0.2) is 90.2 Å². The number of benzene rings is 2. The number of nitrogens with zero attached hydrogens (tertiary/aromatic N) is 2. The first-order valence-corrected chi connectivity index (χ1v) is 14.2. The number of anilines is 1. The molecule has 42 heavy (non-hydrogen) atoms. The second kappa shape index (κ2) is 13.7. The number of ether oxygens (including phenoxy) is 1. The Hall–Kier alpha value is -4.78. The van der Waals surface area contributed by atoms with Gasteiger partial charge < -0.3 is 15.4 Å². The molecule has 0 unspecified atom stereocenters. The van der Waals surface area contributed by atoms with Gasteiger partial charge in [-0.2, -0.15) is 0 Å². The topological polar surface area (TPSA) is 93.2 Å². The van der Waals surface area contributed by atoms with Crippen LogP contribution in [0.1, 0.15) is 72.4 Å². The number of pyridine rings is 2. The molecule has 2 N–H and O–H groups in total. The largest absolute Gasteiger partial charge is 0.467 e. The Kier molecular flexibility index (Phi) is 9.86. The Labute approximate surface area is 247 Å². The first kappa shape index (κ1) is 30.2. The molecule has 2 aromatic carbocycles. The van der Waals surface area contributed by atoms with Crippen molar-refractivity contribution in [2.45, 2.75) is 54.4 Å². The maximum absolute atomic E-state index is 13.6. The minimum atomic E-state index is -0.250. The molecule has 0 bridgehead atoms. The van der Waals surface area contributed by atoms with E-state index in [1.807, 2.05) is 65.8 Å². The molecule has 0 atom stereocenters. The third-order valence-electron chi connectivity index (χ3n) is 6.97. The van der Waals surface area contributed by atoms with Gasteiger partial charge in [-0.15, -0.1) is 0 Å². The Morgan fingerprint density at radius 1 is 0.976 bits per heavy atom. The number of amides is 2. The van der Waals surface area contributed by atoms with Gasteiger partial charge in [0.1, 0.15) is 5.76 Å². The summed E-state index contributed by atoms with van der Waals surface area (Å²) in [6.45, 7) is 12.5. The Balaban J connectivity index is 1.45. The van der Waals surface area contributed by atoms with E-state index >= 15 is 0 Å². The molecule has 0 saturated carbocycles. The molecule has 0 spiro atoms. The van der Waals surface area contributed by atoms with Crippen LogP contribution < -0.4 is 10.6 Å². The second-order valence-electron chi connectivity index (χ2n) is 10.6. The van der Waals surface area contributed by atoms with Crippen molar-refractivity contribution in [3.8, 4) is 11.3 Å². The third kappa shape index (κ3) is 7.49. The predicted molar refractivity (Wildman–Crippen MR) is 169 cm³/mol. The summed E-state index contributed by atoms with van der Waals surface area (Å²) in [6, 6.07) is 16.5. The van der Waals surface area contributed by atoms with Gasteiger partial charge in [0.05, 0.1) is 22.5 Å². The van der Waals surface area contributed by atoms with Crippen LogP contribution in [0.2, 0.25) is 0 Å². The van der Waals surface area contributed by atoms with Gasteiger partial charge in [0.15, 0.2) is 0 Å². The number of carbonyl (C=O) groups excluding carboxylic acids is 2. The molecule has 0 aliphatic heterocycles. The molecular formula is C35H38N4O3. The zero-order valence-electron chi connectivity index (χ0n) is 25.2. The SMILES string of the molecule is C/C=C(/C)OC(CCCNC(=O)c1ccc(NC(=O)c2cc(-c3cccnc3)nc3c(C)cc(C)cc23)cc1)=C(C)C. The van der Waals surface area contributed by atoms with Crippen LogP contribution in [0.3, 0.4) is 0 Å². The highest BCUT2D eigenvalue weighted by Crippen LogP contribution is 2.28. The van der Waals surface area contributed by atoms with Crippen LogP contribution in [0.25, 0.3) is 22.2 Å². The van der Waals surface area contributed by atoms with Gasteiger partial charge in [0.2, 0.25) is 0 Å². The number of aromatic nitrogens is 2. The molecule has 7 heteroatoms. The van der Waals surface area contributed by atoms with E-state index in [2.05, 4.69) is 21.7 Å². The van der Waals surface area contributed by atoms with E-state index in [1.165, 1.54) is 0 Å². The lowest BCUT2D eigenvalue weighted by Crippen LogP contribution is -2.24. The van der Waals surface area contributed by atoms with Crippen molar-refractivity contribution in [3.05, 3.63) is 112 Å². The smallest absolute Gasteiger partial charge is 0.256 e. The predicted octanol–water partition coefficient (Wildman–Crippen LogP) is 7.91. The highest BCUT2D eigenvalue weighted by molar-refractivity contribution is 6.13. The van der Waals surface area contributed by atoms with Gasteiger partial charge in [-0.05, 0) is 114 Å². The van der Waals surface area contributed by atoms with Crippen LogP contribution >= 0.6 is 0 Å². The van der Waals surface area contributed by atoms with Crippen LogP contribution in [-0.4, -0.2) is 28.3 Å². The number of allylic oxidation sites excluding steroid dienone is 4. The molecule has 2 heterocycles. The molecule has 0 fully saturated rings. The number of aryl methyl sites for hydroxylation is 2. The van der Waals surface area contributed by atoms with Crippen molar-refractivity contribution in [1.29, 1.82) is 0 Å². The first-order chi connectivity index (χ1) is 20.2. The van der Waals surface area contributed by atoms with E-state index in [0.717, 1.165) is 57.5 Å². The van der Waals surface area contributed by atoms with E-state index in [-0.39, 0.29) is 11.8 Å². The van der Waals surface area contributed by atoms with E-state index in [1.54, 1.807) is 42.7 Å². The van der Waals surface area contributed by atoms with E-state index in [0.29, 0.717) is 29.1 Å². The van der Waals surface area contributed by atoms with E-state index in [4.69, 9.17) is 9.72 Å². The maximum atomic E-state index is 13.6. The van der Waals surface area contributed by atoms with E-state index < -0.39 is 0 Å². The summed E-state index contributed by atoms with van der Waals surface area (Å²) in [5, 5.41) is 6.75. The summed E-state index contributed by atoms with van der Waals surface area (Å²) in [5.74, 6) is 1.38. The van der Waals surface area contributed by atoms with Crippen LogP contribution in [0.4, 0.5) is 5.69 Å². The molecule has 4 rings (SSSR count). The monoisotopic (exact) mass is 562 g/mol. The summed E-state index contributed by atoms with van der Waals surface area (Å²) >= 11 is 0. The lowest BCUT2D eigenvalue weighted by atomic mass is 9.99. The fourth-order valence-electron chi connectivity index (χ4n) is 4.64. The Morgan fingerprint density at radius 3 is 2.40 bits per heavy atom. The molecule has 4 aromatic rings.